The molecule has 0 saturated carbocycles. The van der Waals surface area contributed by atoms with E-state index < -0.39 is 0 Å². The van der Waals surface area contributed by atoms with E-state index >= 15 is 0 Å². The molecule has 0 radical (unpaired) electrons. The summed E-state index contributed by atoms with van der Waals surface area (Å²) >= 11 is 0. The molecule has 1 aromatic rings. The molecule has 6 nitrogen and oxygen atoms in total. The molecular weight excluding hydrogens is 254 g/mol. The maximum Gasteiger partial charge on any atom is 0.161 e. The number of anilines is 2. The molecule has 1 saturated heterocycles. The van der Waals surface area contributed by atoms with Crippen molar-refractivity contribution in [2.24, 2.45) is 0 Å². The Morgan fingerprint density at radius 2 is 2.35 bits per heavy atom. The van der Waals surface area contributed by atoms with Crippen LogP contribution in [-0.4, -0.2) is 42.3 Å². The van der Waals surface area contributed by atoms with Gasteiger partial charge in [0, 0.05) is 25.1 Å². The second kappa shape index (κ2) is 6.53. The first kappa shape index (κ1) is 14.5. The van der Waals surface area contributed by atoms with E-state index in [-0.39, 0.29) is 12.0 Å². The van der Waals surface area contributed by atoms with Crippen molar-refractivity contribution in [3.8, 4) is 6.07 Å². The van der Waals surface area contributed by atoms with Crippen molar-refractivity contribution < 1.29 is 4.74 Å². The van der Waals surface area contributed by atoms with Gasteiger partial charge in [0.1, 0.15) is 17.5 Å². The van der Waals surface area contributed by atoms with Gasteiger partial charge in [0.15, 0.2) is 6.10 Å². The third-order valence-corrected chi connectivity index (χ3v) is 3.14. The molecule has 1 fully saturated rings. The van der Waals surface area contributed by atoms with Gasteiger partial charge in [-0.2, -0.15) is 5.26 Å². The summed E-state index contributed by atoms with van der Waals surface area (Å²) in [7, 11) is 0. The van der Waals surface area contributed by atoms with Crippen molar-refractivity contribution >= 4 is 11.6 Å². The largest absolute Gasteiger partial charge is 0.370 e. The molecule has 1 unspecified atom stereocenters. The number of hydrogen-bond donors (Lipinski definition) is 1. The number of nitrogens with one attached hydrogen (secondary N) is 1. The highest BCUT2D eigenvalue weighted by atomic mass is 16.5. The molecule has 0 aliphatic carbocycles. The topological polar surface area (TPSA) is 74.1 Å². The number of morpholine rings is 1. The van der Waals surface area contributed by atoms with Gasteiger partial charge in [-0.15, -0.1) is 0 Å². The molecule has 1 aliphatic heterocycles. The van der Waals surface area contributed by atoms with E-state index in [2.05, 4.69) is 40.1 Å². The minimum Gasteiger partial charge on any atom is -0.370 e. The van der Waals surface area contributed by atoms with Crippen molar-refractivity contribution in [2.75, 3.05) is 36.5 Å². The van der Waals surface area contributed by atoms with Crippen LogP contribution in [0.4, 0.5) is 11.6 Å². The predicted octanol–water partition coefficient (Wildman–Crippen LogP) is 1.76. The molecule has 2 heterocycles. The summed E-state index contributed by atoms with van der Waals surface area (Å²) in [5, 5.41) is 12.2. The molecule has 0 amide bonds. The van der Waals surface area contributed by atoms with E-state index in [1.807, 2.05) is 13.0 Å². The van der Waals surface area contributed by atoms with Crippen LogP contribution >= 0.6 is 0 Å². The van der Waals surface area contributed by atoms with E-state index in [9.17, 15) is 0 Å². The molecule has 20 heavy (non-hydrogen) atoms. The Kier molecular flexibility index (Phi) is 4.74. The van der Waals surface area contributed by atoms with Crippen molar-refractivity contribution in [3.63, 3.8) is 0 Å². The third-order valence-electron chi connectivity index (χ3n) is 3.14. The molecule has 0 aromatic carbocycles. The summed E-state index contributed by atoms with van der Waals surface area (Å²) in [5.74, 6) is 2.78. The smallest absolute Gasteiger partial charge is 0.161 e. The fourth-order valence-corrected chi connectivity index (χ4v) is 2.08. The average Bonchev–Trinajstić information content (AvgIpc) is 2.47. The molecule has 2 rings (SSSR count). The molecule has 1 N–H and O–H groups in total. The van der Waals surface area contributed by atoms with Gasteiger partial charge in [-0.3, -0.25) is 0 Å². The van der Waals surface area contributed by atoms with Gasteiger partial charge >= 0.3 is 0 Å². The highest BCUT2D eigenvalue weighted by Gasteiger charge is 2.22. The van der Waals surface area contributed by atoms with Crippen LogP contribution in [0.1, 0.15) is 32.5 Å². The Labute approximate surface area is 119 Å². The Morgan fingerprint density at radius 1 is 1.55 bits per heavy atom. The van der Waals surface area contributed by atoms with E-state index in [1.165, 1.54) is 0 Å². The third kappa shape index (κ3) is 3.36. The van der Waals surface area contributed by atoms with Gasteiger partial charge in [-0.25, -0.2) is 9.97 Å². The van der Waals surface area contributed by atoms with Crippen LogP contribution in [0.2, 0.25) is 0 Å². The lowest BCUT2D eigenvalue weighted by molar-refractivity contribution is 0.0761. The van der Waals surface area contributed by atoms with Crippen molar-refractivity contribution in [1.82, 2.24) is 9.97 Å². The summed E-state index contributed by atoms with van der Waals surface area (Å²) in [6.07, 6.45) is -0.385. The summed E-state index contributed by atoms with van der Waals surface area (Å²) < 4.78 is 5.37. The van der Waals surface area contributed by atoms with Crippen LogP contribution in [0.5, 0.6) is 0 Å². The number of nitriles is 1. The van der Waals surface area contributed by atoms with Crippen molar-refractivity contribution in [3.05, 3.63) is 11.9 Å². The van der Waals surface area contributed by atoms with Crippen molar-refractivity contribution in [1.29, 1.82) is 5.26 Å². The summed E-state index contributed by atoms with van der Waals surface area (Å²) in [5.41, 5.74) is 0. The van der Waals surface area contributed by atoms with Crippen LogP contribution in [-0.2, 0) is 4.74 Å². The maximum absolute atomic E-state index is 8.99. The first-order valence-electron chi connectivity index (χ1n) is 7.03. The molecule has 0 bridgehead atoms. The van der Waals surface area contributed by atoms with E-state index in [1.54, 1.807) is 0 Å². The fraction of sp³-hybridized carbons (Fsp3) is 0.643. The van der Waals surface area contributed by atoms with Crippen LogP contribution in [0, 0.1) is 11.3 Å². The predicted molar refractivity (Wildman–Crippen MR) is 77.9 cm³/mol. The van der Waals surface area contributed by atoms with Gasteiger partial charge in [0.05, 0.1) is 19.2 Å². The molecule has 6 heteroatoms. The minimum atomic E-state index is -0.385. The molecule has 108 valence electrons. The maximum atomic E-state index is 8.99. The van der Waals surface area contributed by atoms with Crippen LogP contribution in [0.3, 0.4) is 0 Å². The zero-order valence-electron chi connectivity index (χ0n) is 12.3. The standard InChI is InChI=1S/C14H21N5O/c1-4-16-12-7-13(18-14(17-12)10(2)3)19-5-6-20-11(8-15)9-19/h7,10-11H,4-6,9H2,1-3H3,(H,16,17,18). The number of aromatic nitrogens is 2. The number of rotatable bonds is 4. The average molecular weight is 275 g/mol. The Morgan fingerprint density at radius 3 is 3.00 bits per heavy atom. The normalized spacial score (nSPS) is 18.9. The number of ether oxygens (including phenoxy) is 1. The van der Waals surface area contributed by atoms with Crippen LogP contribution < -0.4 is 10.2 Å². The summed E-state index contributed by atoms with van der Waals surface area (Å²) in [6.45, 7) is 8.86. The van der Waals surface area contributed by atoms with Gasteiger partial charge in [0.2, 0.25) is 0 Å². The molecule has 1 atom stereocenters. The number of nitrogens with zero attached hydrogens (tertiary/aromatic N) is 4. The highest BCUT2D eigenvalue weighted by Crippen LogP contribution is 2.21. The van der Waals surface area contributed by atoms with Crippen LogP contribution in [0.25, 0.3) is 0 Å². The lowest BCUT2D eigenvalue weighted by Crippen LogP contribution is -2.42. The quantitative estimate of drug-likeness (QED) is 0.902. The second-order valence-corrected chi connectivity index (χ2v) is 5.09. The zero-order valence-corrected chi connectivity index (χ0v) is 12.3. The van der Waals surface area contributed by atoms with E-state index in [0.29, 0.717) is 13.2 Å². The summed E-state index contributed by atoms with van der Waals surface area (Å²) in [6, 6.07) is 4.10. The lowest BCUT2D eigenvalue weighted by atomic mass is 10.2. The monoisotopic (exact) mass is 275 g/mol. The SMILES string of the molecule is CCNc1cc(N2CCOC(C#N)C2)nc(C(C)C)n1. The van der Waals surface area contributed by atoms with E-state index in [0.717, 1.165) is 30.5 Å². The van der Waals surface area contributed by atoms with Gasteiger partial charge in [-0.05, 0) is 6.92 Å². The first-order chi connectivity index (χ1) is 9.63. The lowest BCUT2D eigenvalue weighted by Gasteiger charge is -2.31. The van der Waals surface area contributed by atoms with Gasteiger partial charge in [-0.1, -0.05) is 13.8 Å². The molecule has 0 spiro atoms. The summed E-state index contributed by atoms with van der Waals surface area (Å²) in [4.78, 5) is 11.2. The van der Waals surface area contributed by atoms with E-state index in [4.69, 9.17) is 10.00 Å². The number of hydrogen-bond acceptors (Lipinski definition) is 6. The van der Waals surface area contributed by atoms with Crippen molar-refractivity contribution in [2.45, 2.75) is 32.8 Å². The minimum absolute atomic E-state index is 0.264. The Balaban J connectivity index is 2.27. The Hall–Kier alpha value is -1.87. The molecular formula is C14H21N5O. The Bertz CT molecular complexity index is 497. The van der Waals surface area contributed by atoms with Crippen LogP contribution in [0.15, 0.2) is 6.07 Å². The zero-order chi connectivity index (χ0) is 14.5. The molecule has 1 aromatic heterocycles. The first-order valence-corrected chi connectivity index (χ1v) is 7.03. The second-order valence-electron chi connectivity index (χ2n) is 5.09. The highest BCUT2D eigenvalue weighted by molar-refractivity contribution is 5.50. The molecule has 1 aliphatic rings. The van der Waals surface area contributed by atoms with Gasteiger partial charge < -0.3 is 15.0 Å². The van der Waals surface area contributed by atoms with Gasteiger partial charge in [0.25, 0.3) is 0 Å². The fourth-order valence-electron chi connectivity index (χ4n) is 2.08.